The van der Waals surface area contributed by atoms with Crippen molar-refractivity contribution in [1.29, 1.82) is 0 Å². The Bertz CT molecular complexity index is 2080. The maximum Gasteiger partial charge on any atom is 0.250 e. The third kappa shape index (κ3) is 5.55. The lowest BCUT2D eigenvalue weighted by Gasteiger charge is -2.46. The number of aromatic nitrogens is 4. The topological polar surface area (TPSA) is 79.8 Å². The lowest BCUT2D eigenvalue weighted by atomic mass is 9.60. The summed E-state index contributed by atoms with van der Waals surface area (Å²) in [5.74, 6) is -0.713. The fourth-order valence-corrected chi connectivity index (χ4v) is 9.56. The SMILES string of the molecule is C[Si](C)(C)CCOCn1c([C@@H]2CCCN2)nc2cc(-c3ccc4c(c3)C3(CC(F)(F)C3)c3cc(-c5cnc([C@@H]6CCCN6)[nH]5)ccc3-4)ccc21. The number of aromatic amines is 1. The molecular weight excluding hydrogens is 647 g/mol. The van der Waals surface area contributed by atoms with Gasteiger partial charge in [-0.2, -0.15) is 0 Å². The second kappa shape index (κ2) is 11.9. The first-order valence-electron chi connectivity index (χ1n) is 18.3. The molecule has 1 spiro atoms. The van der Waals surface area contributed by atoms with Gasteiger partial charge in [-0.25, -0.2) is 18.7 Å². The van der Waals surface area contributed by atoms with Gasteiger partial charge < -0.3 is 24.9 Å². The van der Waals surface area contributed by atoms with Gasteiger partial charge in [-0.15, -0.1) is 0 Å². The Labute approximate surface area is 293 Å². The molecule has 2 atom stereocenters. The van der Waals surface area contributed by atoms with E-state index in [1.807, 2.05) is 6.20 Å². The summed E-state index contributed by atoms with van der Waals surface area (Å²) in [4.78, 5) is 13.4. The van der Waals surface area contributed by atoms with E-state index in [4.69, 9.17) is 9.72 Å². The van der Waals surface area contributed by atoms with E-state index in [0.717, 1.165) is 119 Å². The third-order valence-corrected chi connectivity index (χ3v) is 13.2. The zero-order valence-electron chi connectivity index (χ0n) is 29.2. The number of ether oxygens (including phenoxy) is 1. The fraction of sp³-hybridized carbons (Fsp3) is 0.450. The molecular formula is C40H46F2N6OSi. The molecule has 3 N–H and O–H groups in total. The van der Waals surface area contributed by atoms with Crippen LogP contribution in [0.1, 0.15) is 73.4 Å². The Hall–Kier alpha value is -3.70. The first-order chi connectivity index (χ1) is 24.1. The van der Waals surface area contributed by atoms with Crippen molar-refractivity contribution in [1.82, 2.24) is 30.2 Å². The highest BCUT2D eigenvalue weighted by Crippen LogP contribution is 2.64. The summed E-state index contributed by atoms with van der Waals surface area (Å²) in [6.07, 6.45) is 5.93. The van der Waals surface area contributed by atoms with Crippen LogP contribution in [0.3, 0.4) is 0 Å². The van der Waals surface area contributed by atoms with Crippen molar-refractivity contribution in [2.45, 2.75) is 94.4 Å². The van der Waals surface area contributed by atoms with Crippen molar-refractivity contribution in [2.24, 2.45) is 0 Å². The number of halogens is 2. The van der Waals surface area contributed by atoms with Crippen LogP contribution in [0.15, 0.2) is 60.8 Å². The lowest BCUT2D eigenvalue weighted by molar-refractivity contribution is -0.112. The van der Waals surface area contributed by atoms with Crippen molar-refractivity contribution < 1.29 is 13.5 Å². The highest BCUT2D eigenvalue weighted by Gasteiger charge is 2.61. The summed E-state index contributed by atoms with van der Waals surface area (Å²) in [6, 6.07) is 20.8. The molecule has 3 fully saturated rings. The fourth-order valence-electron chi connectivity index (χ4n) is 8.80. The molecule has 5 aromatic rings. The van der Waals surface area contributed by atoms with Gasteiger partial charge in [0.2, 0.25) is 0 Å². The number of fused-ring (bicyclic) bond motifs is 6. The molecule has 50 heavy (non-hydrogen) atoms. The molecule has 260 valence electrons. The first-order valence-corrected chi connectivity index (χ1v) is 22.1. The summed E-state index contributed by atoms with van der Waals surface area (Å²) >= 11 is 0. The van der Waals surface area contributed by atoms with E-state index in [9.17, 15) is 8.78 Å². The third-order valence-electron chi connectivity index (χ3n) is 11.5. The van der Waals surface area contributed by atoms with Crippen molar-refractivity contribution >= 4 is 19.1 Å². The number of alkyl halides is 2. The van der Waals surface area contributed by atoms with E-state index in [1.54, 1.807) is 0 Å². The van der Waals surface area contributed by atoms with E-state index in [-0.39, 0.29) is 24.9 Å². The van der Waals surface area contributed by atoms with Crippen molar-refractivity contribution in [3.05, 3.63) is 83.6 Å². The second-order valence-corrected chi connectivity index (χ2v) is 21.9. The van der Waals surface area contributed by atoms with Crippen LogP contribution in [-0.4, -0.2) is 53.2 Å². The predicted octanol–water partition coefficient (Wildman–Crippen LogP) is 8.95. The minimum Gasteiger partial charge on any atom is -0.361 e. The van der Waals surface area contributed by atoms with Gasteiger partial charge >= 0.3 is 0 Å². The smallest absolute Gasteiger partial charge is 0.250 e. The van der Waals surface area contributed by atoms with Crippen LogP contribution in [0.2, 0.25) is 25.7 Å². The maximum absolute atomic E-state index is 14.9. The minimum absolute atomic E-state index is 0.175. The van der Waals surface area contributed by atoms with Gasteiger partial charge in [0.05, 0.1) is 35.0 Å². The summed E-state index contributed by atoms with van der Waals surface area (Å²) in [7, 11) is -1.19. The molecule has 4 aliphatic rings. The Balaban J connectivity index is 1.05. The molecule has 10 heteroatoms. The van der Waals surface area contributed by atoms with Crippen LogP contribution in [0, 0.1) is 0 Å². The predicted molar refractivity (Wildman–Crippen MR) is 197 cm³/mol. The molecule has 2 saturated heterocycles. The van der Waals surface area contributed by atoms with Gasteiger partial charge in [-0.05, 0) is 108 Å². The van der Waals surface area contributed by atoms with Crippen LogP contribution < -0.4 is 10.6 Å². The summed E-state index contributed by atoms with van der Waals surface area (Å²) in [6.45, 7) is 10.4. The zero-order valence-corrected chi connectivity index (χ0v) is 30.2. The van der Waals surface area contributed by atoms with E-state index < -0.39 is 19.4 Å². The Morgan fingerprint density at radius 3 is 2.20 bits per heavy atom. The summed E-state index contributed by atoms with van der Waals surface area (Å²) < 4.78 is 38.3. The standard InChI is InChI=1S/C40H46F2N6OSi/c1-50(2,3)17-16-49-24-48-36-13-10-26(20-34(36)47-38(48)33-7-5-15-44-33)25-8-11-28-29-12-9-27(35-21-45-37(46-35)32-6-4-14-43-32)19-31(29)39(30(28)18-25)22-40(41,42)23-39/h8-13,18-21,32-33,43-44H,4-7,14-17,22-24H2,1-3H3,(H,45,46)/t32-,33-/m0/s1. The summed E-state index contributed by atoms with van der Waals surface area (Å²) in [5, 5.41) is 7.13. The van der Waals surface area contributed by atoms with Crippen molar-refractivity contribution in [3.8, 4) is 33.5 Å². The van der Waals surface area contributed by atoms with Gasteiger partial charge in [0, 0.05) is 32.9 Å². The maximum atomic E-state index is 14.9. The lowest BCUT2D eigenvalue weighted by Crippen LogP contribution is -2.48. The van der Waals surface area contributed by atoms with Crippen LogP contribution in [0.5, 0.6) is 0 Å². The van der Waals surface area contributed by atoms with Crippen LogP contribution in [-0.2, 0) is 16.9 Å². The highest BCUT2D eigenvalue weighted by atomic mass is 28.3. The van der Waals surface area contributed by atoms with Gasteiger partial charge in [0.15, 0.2) is 0 Å². The molecule has 7 nitrogen and oxygen atoms in total. The molecule has 2 aliphatic carbocycles. The van der Waals surface area contributed by atoms with E-state index in [1.165, 1.54) is 0 Å². The van der Waals surface area contributed by atoms with Gasteiger partial charge in [-0.1, -0.05) is 50.0 Å². The average Bonchev–Trinajstić information content (AvgIpc) is 3.92. The van der Waals surface area contributed by atoms with Crippen LogP contribution in [0.4, 0.5) is 8.78 Å². The Kier molecular flexibility index (Phi) is 7.69. The van der Waals surface area contributed by atoms with E-state index in [2.05, 4.69) is 99.4 Å². The molecule has 2 aromatic heterocycles. The van der Waals surface area contributed by atoms with Crippen molar-refractivity contribution in [3.63, 3.8) is 0 Å². The molecule has 0 amide bonds. The Morgan fingerprint density at radius 2 is 1.52 bits per heavy atom. The average molecular weight is 693 g/mol. The number of hydrogen-bond donors (Lipinski definition) is 3. The number of hydrogen-bond acceptors (Lipinski definition) is 5. The van der Waals surface area contributed by atoms with Gasteiger partial charge in [0.1, 0.15) is 18.4 Å². The van der Waals surface area contributed by atoms with E-state index in [0.29, 0.717) is 6.73 Å². The minimum atomic E-state index is -2.69. The number of imidazole rings is 2. The summed E-state index contributed by atoms with van der Waals surface area (Å²) in [5.41, 5.74) is 9.38. The van der Waals surface area contributed by atoms with Crippen molar-refractivity contribution in [2.75, 3.05) is 19.7 Å². The quantitative estimate of drug-likeness (QED) is 0.106. The number of benzene rings is 3. The normalized spacial score (nSPS) is 21.9. The Morgan fingerprint density at radius 1 is 0.860 bits per heavy atom. The molecule has 4 heterocycles. The number of H-pyrrole nitrogens is 1. The van der Waals surface area contributed by atoms with Gasteiger partial charge in [-0.3, -0.25) is 0 Å². The van der Waals surface area contributed by atoms with Crippen LogP contribution in [0.25, 0.3) is 44.5 Å². The molecule has 3 aromatic carbocycles. The first kappa shape index (κ1) is 32.2. The molecule has 0 radical (unpaired) electrons. The molecule has 0 bridgehead atoms. The van der Waals surface area contributed by atoms with E-state index >= 15 is 0 Å². The second-order valence-electron chi connectivity index (χ2n) is 16.2. The molecule has 2 aliphatic heterocycles. The van der Waals surface area contributed by atoms with Gasteiger partial charge in [0.25, 0.3) is 5.92 Å². The number of rotatable bonds is 9. The molecule has 9 rings (SSSR count). The largest absolute Gasteiger partial charge is 0.361 e. The molecule has 0 unspecified atom stereocenters. The van der Waals surface area contributed by atoms with Crippen LogP contribution >= 0.6 is 0 Å². The molecule has 1 saturated carbocycles. The highest BCUT2D eigenvalue weighted by molar-refractivity contribution is 6.76. The zero-order chi connectivity index (χ0) is 34.3. The monoisotopic (exact) mass is 692 g/mol. The number of nitrogens with one attached hydrogen (secondary N) is 3. The number of nitrogens with zero attached hydrogens (tertiary/aromatic N) is 3.